The Hall–Kier alpha value is -1.59. The van der Waals surface area contributed by atoms with Crippen molar-refractivity contribution in [3.05, 3.63) is 0 Å². The van der Waals surface area contributed by atoms with Crippen LogP contribution in [0.25, 0.3) is 0 Å². The minimum atomic E-state index is -1.02. The van der Waals surface area contributed by atoms with E-state index in [4.69, 9.17) is 9.84 Å². The third-order valence-electron chi connectivity index (χ3n) is 1.72. The molecule has 1 atom stereocenters. The third kappa shape index (κ3) is 8.24. The van der Waals surface area contributed by atoms with Gasteiger partial charge in [-0.15, -0.1) is 0 Å². The number of carboxylic acids is 1. The fourth-order valence-corrected chi connectivity index (χ4v) is 1.14. The van der Waals surface area contributed by atoms with Gasteiger partial charge in [0.15, 0.2) is 0 Å². The maximum absolute atomic E-state index is 11.7. The normalized spacial score (nSPS) is 12.7. The Kier molecular flexibility index (Phi) is 5.64. The summed E-state index contributed by atoms with van der Waals surface area (Å²) in [7, 11) is 0. The summed E-state index contributed by atoms with van der Waals surface area (Å²) in [6.07, 6.45) is -0.186. The van der Waals surface area contributed by atoms with Crippen LogP contribution in [0.3, 0.4) is 0 Å². The molecule has 0 heterocycles. The van der Waals surface area contributed by atoms with Gasteiger partial charge >= 0.3 is 11.9 Å². The van der Waals surface area contributed by atoms with E-state index in [2.05, 4.69) is 5.32 Å². The summed E-state index contributed by atoms with van der Waals surface area (Å²) in [5.41, 5.74) is -0.670. The zero-order chi connectivity index (χ0) is 13.6. The molecule has 1 amide bonds. The first-order valence-electron chi connectivity index (χ1n) is 5.33. The number of ether oxygens (including phenoxy) is 1. The molecule has 0 radical (unpaired) electrons. The molecule has 0 aliphatic rings. The average molecular weight is 245 g/mol. The zero-order valence-corrected chi connectivity index (χ0v) is 10.6. The minimum absolute atomic E-state index is 0.0177. The highest BCUT2D eigenvalue weighted by Crippen LogP contribution is 2.10. The van der Waals surface area contributed by atoms with Crippen LogP contribution in [0.5, 0.6) is 0 Å². The summed E-state index contributed by atoms with van der Waals surface area (Å²) in [5.74, 6) is -2.04. The van der Waals surface area contributed by atoms with E-state index in [9.17, 15) is 14.4 Å². The number of carbonyl (C=O) groups is 3. The molecule has 6 heteroatoms. The van der Waals surface area contributed by atoms with E-state index in [1.54, 1.807) is 20.8 Å². The summed E-state index contributed by atoms with van der Waals surface area (Å²) in [5, 5.41) is 10.9. The second kappa shape index (κ2) is 6.22. The van der Waals surface area contributed by atoms with E-state index in [1.165, 1.54) is 6.92 Å². The van der Waals surface area contributed by atoms with Crippen LogP contribution in [0, 0.1) is 0 Å². The van der Waals surface area contributed by atoms with Crippen molar-refractivity contribution in [3.63, 3.8) is 0 Å². The molecule has 0 aromatic rings. The Morgan fingerprint density at radius 1 is 1.29 bits per heavy atom. The van der Waals surface area contributed by atoms with E-state index in [0.717, 1.165) is 0 Å². The topological polar surface area (TPSA) is 92.7 Å². The molecule has 98 valence electrons. The van der Waals surface area contributed by atoms with Gasteiger partial charge in [0.2, 0.25) is 5.91 Å². The molecule has 1 unspecified atom stereocenters. The number of carboxylic acid groups (broad SMARTS) is 1. The molecular formula is C11H19NO5. The molecule has 2 N–H and O–H groups in total. The predicted molar refractivity (Wildman–Crippen MR) is 60.3 cm³/mol. The second-order valence-corrected chi connectivity index (χ2v) is 4.72. The molecule has 0 saturated carbocycles. The van der Waals surface area contributed by atoms with Gasteiger partial charge in [-0.2, -0.15) is 0 Å². The number of esters is 1. The molecule has 0 rings (SSSR count). The van der Waals surface area contributed by atoms with Crippen LogP contribution < -0.4 is 5.32 Å². The van der Waals surface area contributed by atoms with Crippen molar-refractivity contribution in [2.24, 2.45) is 0 Å². The van der Waals surface area contributed by atoms with Gasteiger partial charge in [-0.25, -0.2) is 4.79 Å². The Balaban J connectivity index is 4.50. The molecule has 6 nitrogen and oxygen atoms in total. The third-order valence-corrected chi connectivity index (χ3v) is 1.72. The van der Waals surface area contributed by atoms with E-state index < -0.39 is 29.5 Å². The smallest absolute Gasteiger partial charge is 0.329 e. The second-order valence-electron chi connectivity index (χ2n) is 4.72. The standard InChI is InChI=1S/C11H19NO5/c1-7(13)12-8(5-6-9(14)15)10(16)17-11(2,3)4/h8H,5-6H2,1-4H3,(H,12,13)(H,14,15). The van der Waals surface area contributed by atoms with Crippen molar-refractivity contribution < 1.29 is 24.2 Å². The predicted octanol–water partition coefficient (Wildman–Crippen LogP) is 0.698. The monoisotopic (exact) mass is 245 g/mol. The van der Waals surface area contributed by atoms with Crippen LogP contribution in [0.2, 0.25) is 0 Å². The lowest BCUT2D eigenvalue weighted by Crippen LogP contribution is -2.43. The molecule has 0 aromatic carbocycles. The molecule has 0 spiro atoms. The Bertz CT molecular complexity index is 305. The van der Waals surface area contributed by atoms with Crippen LogP contribution in [-0.2, 0) is 19.1 Å². The highest BCUT2D eigenvalue weighted by atomic mass is 16.6. The fraction of sp³-hybridized carbons (Fsp3) is 0.727. The average Bonchev–Trinajstić information content (AvgIpc) is 2.08. The first-order valence-corrected chi connectivity index (χ1v) is 5.33. The minimum Gasteiger partial charge on any atom is -0.481 e. The quantitative estimate of drug-likeness (QED) is 0.695. The molecule has 0 aliphatic heterocycles. The molecule has 0 bridgehead atoms. The van der Waals surface area contributed by atoms with Crippen LogP contribution in [0.15, 0.2) is 0 Å². The van der Waals surface area contributed by atoms with Gasteiger partial charge in [-0.3, -0.25) is 9.59 Å². The Labute approximate surface area is 100 Å². The van der Waals surface area contributed by atoms with E-state index in [1.807, 2.05) is 0 Å². The van der Waals surface area contributed by atoms with E-state index in [0.29, 0.717) is 0 Å². The maximum atomic E-state index is 11.7. The van der Waals surface area contributed by atoms with Crippen molar-refractivity contribution in [2.75, 3.05) is 0 Å². The number of carbonyl (C=O) groups excluding carboxylic acids is 2. The highest BCUT2D eigenvalue weighted by molar-refractivity contribution is 5.83. The molecule has 0 aromatic heterocycles. The van der Waals surface area contributed by atoms with Crippen LogP contribution in [0.4, 0.5) is 0 Å². The molecule has 0 fully saturated rings. The largest absolute Gasteiger partial charge is 0.481 e. The summed E-state index contributed by atoms with van der Waals surface area (Å²) in [4.78, 5) is 33.0. The van der Waals surface area contributed by atoms with Crippen molar-refractivity contribution >= 4 is 17.8 Å². The number of amides is 1. The number of rotatable bonds is 5. The lowest BCUT2D eigenvalue weighted by molar-refractivity contribution is -0.158. The SMILES string of the molecule is CC(=O)NC(CCC(=O)O)C(=O)OC(C)(C)C. The number of hydrogen-bond acceptors (Lipinski definition) is 4. The molecule has 0 aliphatic carbocycles. The summed E-state index contributed by atoms with van der Waals surface area (Å²) < 4.78 is 5.09. The fourth-order valence-electron chi connectivity index (χ4n) is 1.14. The first-order chi connectivity index (χ1) is 7.61. The van der Waals surface area contributed by atoms with Gasteiger partial charge in [0.05, 0.1) is 0 Å². The van der Waals surface area contributed by atoms with Crippen LogP contribution in [0.1, 0.15) is 40.5 Å². The first kappa shape index (κ1) is 15.4. The Morgan fingerprint density at radius 3 is 2.18 bits per heavy atom. The summed E-state index contributed by atoms with van der Waals surface area (Å²) >= 11 is 0. The van der Waals surface area contributed by atoms with E-state index in [-0.39, 0.29) is 12.8 Å². The lowest BCUT2D eigenvalue weighted by Gasteiger charge is -2.24. The van der Waals surface area contributed by atoms with Crippen molar-refractivity contribution in [3.8, 4) is 0 Å². The van der Waals surface area contributed by atoms with Gasteiger partial charge in [0.1, 0.15) is 11.6 Å². The van der Waals surface area contributed by atoms with Gasteiger partial charge in [-0.1, -0.05) is 0 Å². The van der Waals surface area contributed by atoms with Gasteiger partial charge < -0.3 is 15.2 Å². The van der Waals surface area contributed by atoms with Crippen molar-refractivity contribution in [1.29, 1.82) is 0 Å². The Morgan fingerprint density at radius 2 is 1.82 bits per heavy atom. The number of hydrogen-bond donors (Lipinski definition) is 2. The summed E-state index contributed by atoms with van der Waals surface area (Å²) in [6.45, 7) is 6.37. The zero-order valence-electron chi connectivity index (χ0n) is 10.6. The van der Waals surface area contributed by atoms with Crippen molar-refractivity contribution in [2.45, 2.75) is 52.2 Å². The van der Waals surface area contributed by atoms with Gasteiger partial charge in [0, 0.05) is 13.3 Å². The molecular weight excluding hydrogens is 226 g/mol. The maximum Gasteiger partial charge on any atom is 0.329 e. The summed E-state index contributed by atoms with van der Waals surface area (Å²) in [6, 6.07) is -0.914. The highest BCUT2D eigenvalue weighted by Gasteiger charge is 2.26. The molecule has 17 heavy (non-hydrogen) atoms. The van der Waals surface area contributed by atoms with Gasteiger partial charge in [0.25, 0.3) is 0 Å². The molecule has 0 saturated heterocycles. The van der Waals surface area contributed by atoms with Crippen LogP contribution >= 0.6 is 0 Å². The number of nitrogens with one attached hydrogen (secondary N) is 1. The van der Waals surface area contributed by atoms with E-state index >= 15 is 0 Å². The van der Waals surface area contributed by atoms with Gasteiger partial charge in [-0.05, 0) is 27.2 Å². The van der Waals surface area contributed by atoms with Crippen LogP contribution in [-0.4, -0.2) is 34.6 Å². The lowest BCUT2D eigenvalue weighted by atomic mass is 10.1. The van der Waals surface area contributed by atoms with Crippen molar-refractivity contribution in [1.82, 2.24) is 5.32 Å². The number of aliphatic carboxylic acids is 1.